The minimum atomic E-state index is -0.951. The van der Waals surface area contributed by atoms with E-state index in [9.17, 15) is 9.18 Å². The molecule has 8 heteroatoms. The molecule has 2 heterocycles. The normalized spacial score (nSPS) is 21.4. The molecular weight excluding hydrogens is 273 g/mol. The number of anilines is 1. The third-order valence-corrected chi connectivity index (χ3v) is 3.15. The minimum Gasteiger partial charge on any atom is -0.385 e. The summed E-state index contributed by atoms with van der Waals surface area (Å²) >= 11 is 5.89. The summed E-state index contributed by atoms with van der Waals surface area (Å²) < 4.78 is 14.1. The van der Waals surface area contributed by atoms with Gasteiger partial charge >= 0.3 is 0 Å². The smallest absolute Gasteiger partial charge is 0.271 e. The summed E-state index contributed by atoms with van der Waals surface area (Å²) in [7, 11) is 1.72. The average molecular weight is 284 g/mol. The standard InChI is InChI=1S/C11H11ClFN5O/c1-14-7-3-9(12)17-18-8(4-15-10(7)18)11(19)16-6-2-5(6)13/h3-6,14H,2H2,1H3,(H,16,19)/t5-,6?/m1/s1. The maximum atomic E-state index is 12.8. The molecule has 1 aliphatic carbocycles. The molecule has 3 rings (SSSR count). The molecule has 1 amide bonds. The van der Waals surface area contributed by atoms with E-state index in [2.05, 4.69) is 20.7 Å². The highest BCUT2D eigenvalue weighted by molar-refractivity contribution is 6.29. The van der Waals surface area contributed by atoms with Gasteiger partial charge in [-0.1, -0.05) is 11.6 Å². The molecule has 0 radical (unpaired) electrons. The van der Waals surface area contributed by atoms with Crippen molar-refractivity contribution in [3.8, 4) is 0 Å². The molecule has 2 atom stereocenters. The van der Waals surface area contributed by atoms with Gasteiger partial charge in [0.1, 0.15) is 6.17 Å². The lowest BCUT2D eigenvalue weighted by molar-refractivity contribution is 0.0940. The predicted molar refractivity (Wildman–Crippen MR) is 68.3 cm³/mol. The first kappa shape index (κ1) is 12.2. The summed E-state index contributed by atoms with van der Waals surface area (Å²) in [6, 6.07) is 1.21. The first-order valence-electron chi connectivity index (χ1n) is 5.77. The second-order valence-electron chi connectivity index (χ2n) is 4.34. The molecule has 0 aliphatic heterocycles. The van der Waals surface area contributed by atoms with E-state index < -0.39 is 18.1 Å². The van der Waals surface area contributed by atoms with Crippen LogP contribution in [0, 0.1) is 0 Å². The lowest BCUT2D eigenvalue weighted by Gasteiger charge is -2.05. The first-order chi connectivity index (χ1) is 9.10. The van der Waals surface area contributed by atoms with Crippen molar-refractivity contribution in [2.75, 3.05) is 12.4 Å². The highest BCUT2D eigenvalue weighted by atomic mass is 35.5. The zero-order chi connectivity index (χ0) is 13.6. The Bertz CT molecular complexity index is 658. The number of aromatic nitrogens is 3. The Morgan fingerprint density at radius 3 is 3.00 bits per heavy atom. The Morgan fingerprint density at radius 2 is 2.37 bits per heavy atom. The Balaban J connectivity index is 1.99. The highest BCUT2D eigenvalue weighted by Gasteiger charge is 2.39. The van der Waals surface area contributed by atoms with E-state index in [1.54, 1.807) is 13.1 Å². The van der Waals surface area contributed by atoms with Crippen LogP contribution >= 0.6 is 11.6 Å². The van der Waals surface area contributed by atoms with Crippen molar-refractivity contribution >= 4 is 28.8 Å². The summed E-state index contributed by atoms with van der Waals surface area (Å²) in [6.07, 6.45) is 0.802. The van der Waals surface area contributed by atoms with Crippen molar-refractivity contribution in [1.29, 1.82) is 0 Å². The number of carbonyl (C=O) groups is 1. The second kappa shape index (κ2) is 4.34. The van der Waals surface area contributed by atoms with E-state index in [4.69, 9.17) is 11.6 Å². The number of imidazole rings is 1. The van der Waals surface area contributed by atoms with E-state index in [1.165, 1.54) is 10.7 Å². The maximum Gasteiger partial charge on any atom is 0.271 e. The molecule has 2 aromatic heterocycles. The largest absolute Gasteiger partial charge is 0.385 e. The summed E-state index contributed by atoms with van der Waals surface area (Å²) in [5.41, 5.74) is 1.38. The van der Waals surface area contributed by atoms with Crippen LogP contribution in [0.1, 0.15) is 16.9 Å². The Labute approximate surface area is 113 Å². The number of hydrogen-bond acceptors (Lipinski definition) is 4. The topological polar surface area (TPSA) is 71.3 Å². The summed E-state index contributed by atoms with van der Waals surface area (Å²) in [6.45, 7) is 0. The van der Waals surface area contributed by atoms with Gasteiger partial charge in [0.25, 0.3) is 5.91 Å². The number of halogens is 2. The molecule has 2 N–H and O–H groups in total. The zero-order valence-corrected chi connectivity index (χ0v) is 10.8. The molecule has 0 spiro atoms. The molecule has 1 aliphatic rings. The molecule has 1 fully saturated rings. The number of nitrogens with zero attached hydrogens (tertiary/aromatic N) is 3. The number of hydrogen-bond donors (Lipinski definition) is 2. The number of fused-ring (bicyclic) bond motifs is 1. The van der Waals surface area contributed by atoms with Gasteiger partial charge in [0, 0.05) is 19.5 Å². The van der Waals surface area contributed by atoms with Crippen LogP contribution in [-0.4, -0.2) is 39.8 Å². The van der Waals surface area contributed by atoms with E-state index in [-0.39, 0.29) is 10.8 Å². The summed E-state index contributed by atoms with van der Waals surface area (Å²) in [5.74, 6) is -0.408. The fourth-order valence-corrected chi connectivity index (χ4v) is 2.02. The molecule has 2 aromatic rings. The van der Waals surface area contributed by atoms with Crippen molar-refractivity contribution in [2.24, 2.45) is 0 Å². The number of rotatable bonds is 3. The van der Waals surface area contributed by atoms with Crippen LogP contribution < -0.4 is 10.6 Å². The van der Waals surface area contributed by atoms with Crippen molar-refractivity contribution < 1.29 is 9.18 Å². The average Bonchev–Trinajstić information content (AvgIpc) is 2.90. The Morgan fingerprint density at radius 1 is 1.63 bits per heavy atom. The summed E-state index contributed by atoms with van der Waals surface area (Å²) in [4.78, 5) is 16.1. The van der Waals surface area contributed by atoms with Crippen LogP contribution in [0.2, 0.25) is 5.15 Å². The van der Waals surface area contributed by atoms with Crippen LogP contribution in [-0.2, 0) is 0 Å². The molecule has 1 saturated carbocycles. The highest BCUT2D eigenvalue weighted by Crippen LogP contribution is 2.25. The molecule has 0 bridgehead atoms. The second-order valence-corrected chi connectivity index (χ2v) is 4.73. The molecule has 100 valence electrons. The molecule has 1 unspecified atom stereocenters. The van der Waals surface area contributed by atoms with Gasteiger partial charge in [-0.15, -0.1) is 0 Å². The van der Waals surface area contributed by atoms with Gasteiger partial charge < -0.3 is 10.6 Å². The van der Waals surface area contributed by atoms with Gasteiger partial charge in [-0.3, -0.25) is 4.79 Å². The van der Waals surface area contributed by atoms with Gasteiger partial charge in [-0.05, 0) is 0 Å². The van der Waals surface area contributed by atoms with Crippen molar-refractivity contribution in [2.45, 2.75) is 18.6 Å². The fourth-order valence-electron chi connectivity index (χ4n) is 1.83. The first-order valence-corrected chi connectivity index (χ1v) is 6.15. The maximum absolute atomic E-state index is 12.8. The van der Waals surface area contributed by atoms with Crippen molar-refractivity contribution in [3.63, 3.8) is 0 Å². The van der Waals surface area contributed by atoms with E-state index in [0.29, 0.717) is 17.8 Å². The minimum absolute atomic E-state index is 0.230. The predicted octanol–water partition coefficient (Wildman–Crippen LogP) is 1.26. The molecule has 6 nitrogen and oxygen atoms in total. The quantitative estimate of drug-likeness (QED) is 0.890. The van der Waals surface area contributed by atoms with E-state index in [0.717, 1.165) is 0 Å². The van der Waals surface area contributed by atoms with Crippen LogP contribution in [0.5, 0.6) is 0 Å². The van der Waals surface area contributed by atoms with Crippen molar-refractivity contribution in [3.05, 3.63) is 23.1 Å². The van der Waals surface area contributed by atoms with Gasteiger partial charge in [-0.2, -0.15) is 5.10 Å². The molecule has 19 heavy (non-hydrogen) atoms. The number of alkyl halides is 1. The lowest BCUT2D eigenvalue weighted by atomic mass is 10.4. The van der Waals surface area contributed by atoms with Gasteiger partial charge in [0.05, 0.1) is 17.9 Å². The lowest BCUT2D eigenvalue weighted by Crippen LogP contribution is -2.28. The van der Waals surface area contributed by atoms with Gasteiger partial charge in [0.2, 0.25) is 0 Å². The van der Waals surface area contributed by atoms with Gasteiger partial charge in [0.15, 0.2) is 16.5 Å². The third-order valence-electron chi connectivity index (χ3n) is 2.97. The third kappa shape index (κ3) is 2.10. The van der Waals surface area contributed by atoms with E-state index >= 15 is 0 Å². The SMILES string of the molecule is CNc1cc(Cl)nn2c(C(=O)NC3C[C@H]3F)cnc12. The zero-order valence-electron chi connectivity index (χ0n) is 10.0. The van der Waals surface area contributed by atoms with Crippen LogP contribution in [0.4, 0.5) is 10.1 Å². The number of carbonyl (C=O) groups excluding carboxylic acids is 1. The molecular formula is C11H11ClFN5O. The van der Waals surface area contributed by atoms with Crippen LogP contribution in [0.3, 0.4) is 0 Å². The Hall–Kier alpha value is -1.89. The van der Waals surface area contributed by atoms with Crippen LogP contribution in [0.25, 0.3) is 5.65 Å². The summed E-state index contributed by atoms with van der Waals surface area (Å²) in [5, 5.41) is 9.77. The Kier molecular flexibility index (Phi) is 2.78. The molecule has 0 aromatic carbocycles. The van der Waals surface area contributed by atoms with Crippen molar-refractivity contribution in [1.82, 2.24) is 19.9 Å². The van der Waals surface area contributed by atoms with Crippen LogP contribution in [0.15, 0.2) is 12.3 Å². The monoisotopic (exact) mass is 283 g/mol. The number of nitrogens with one attached hydrogen (secondary N) is 2. The van der Waals surface area contributed by atoms with Gasteiger partial charge in [-0.25, -0.2) is 13.9 Å². The number of amides is 1. The fraction of sp³-hybridized carbons (Fsp3) is 0.364. The van der Waals surface area contributed by atoms with E-state index in [1.807, 2.05) is 0 Å². The molecule has 0 saturated heterocycles.